The fourth-order valence-electron chi connectivity index (χ4n) is 3.29. The maximum absolute atomic E-state index is 12.8. The van der Waals surface area contributed by atoms with E-state index in [-0.39, 0.29) is 6.04 Å². The van der Waals surface area contributed by atoms with Gasteiger partial charge in [-0.15, -0.1) is 0 Å². The first-order chi connectivity index (χ1) is 12.1. The molecule has 2 aromatic carbocycles. The highest BCUT2D eigenvalue weighted by Gasteiger charge is 2.30. The van der Waals surface area contributed by atoms with Crippen molar-refractivity contribution in [3.8, 4) is 0 Å². The van der Waals surface area contributed by atoms with Gasteiger partial charge in [0.05, 0.1) is 16.6 Å². The third kappa shape index (κ3) is 3.25. The van der Waals surface area contributed by atoms with E-state index in [1.54, 1.807) is 34.8 Å². The molecular weight excluding hydrogens is 336 g/mol. The Morgan fingerprint density at radius 1 is 1.16 bits per heavy atom. The van der Waals surface area contributed by atoms with Crippen molar-refractivity contribution in [3.63, 3.8) is 0 Å². The summed E-state index contributed by atoms with van der Waals surface area (Å²) in [5, 5.41) is 11.5. The largest absolute Gasteiger partial charge is 0.381 e. The molecule has 3 aromatic rings. The lowest BCUT2D eigenvalue weighted by molar-refractivity contribution is 0.327. The van der Waals surface area contributed by atoms with Crippen LogP contribution in [0.5, 0.6) is 0 Å². The number of rotatable bonds is 4. The molecule has 1 fully saturated rings. The van der Waals surface area contributed by atoms with Crippen LogP contribution in [0.3, 0.4) is 0 Å². The number of sulfonamides is 1. The Morgan fingerprint density at radius 3 is 2.84 bits per heavy atom. The average Bonchev–Trinajstić information content (AvgIpc) is 3.10. The Bertz CT molecular complexity index is 969. The zero-order chi connectivity index (χ0) is 17.3. The number of aromatic nitrogens is 2. The maximum atomic E-state index is 12.8. The van der Waals surface area contributed by atoms with Gasteiger partial charge < -0.3 is 5.32 Å². The number of fused-ring (bicyclic) bond motifs is 1. The van der Waals surface area contributed by atoms with Gasteiger partial charge in [-0.3, -0.25) is 5.10 Å². The van der Waals surface area contributed by atoms with Crippen molar-refractivity contribution in [1.82, 2.24) is 14.5 Å². The summed E-state index contributed by atoms with van der Waals surface area (Å²) in [6.45, 7) is 1.04. The molecule has 1 aliphatic rings. The maximum Gasteiger partial charge on any atom is 0.243 e. The molecule has 1 aromatic heterocycles. The first kappa shape index (κ1) is 16.1. The Kier molecular flexibility index (Phi) is 4.19. The number of hydrogen-bond acceptors (Lipinski definition) is 4. The quantitative estimate of drug-likeness (QED) is 0.753. The van der Waals surface area contributed by atoms with E-state index in [0.717, 1.165) is 29.4 Å². The molecule has 2 N–H and O–H groups in total. The molecule has 7 heteroatoms. The van der Waals surface area contributed by atoms with Gasteiger partial charge in [0.15, 0.2) is 0 Å². The highest BCUT2D eigenvalue weighted by atomic mass is 32.2. The van der Waals surface area contributed by atoms with Crippen LogP contribution in [0.15, 0.2) is 59.6 Å². The molecule has 0 amide bonds. The van der Waals surface area contributed by atoms with Crippen LogP contribution in [0.1, 0.15) is 12.8 Å². The smallest absolute Gasteiger partial charge is 0.243 e. The number of piperidine rings is 1. The molecular formula is C18H20N4O2S. The Morgan fingerprint density at radius 2 is 2.00 bits per heavy atom. The van der Waals surface area contributed by atoms with Crippen molar-refractivity contribution in [2.24, 2.45) is 0 Å². The van der Waals surface area contributed by atoms with E-state index in [2.05, 4.69) is 15.5 Å². The Balaban J connectivity index is 1.51. The number of nitrogens with zero attached hydrogens (tertiary/aromatic N) is 2. The van der Waals surface area contributed by atoms with E-state index in [0.29, 0.717) is 18.0 Å². The molecule has 1 atom stereocenters. The van der Waals surface area contributed by atoms with Crippen LogP contribution in [0, 0.1) is 0 Å². The van der Waals surface area contributed by atoms with Crippen LogP contribution in [0.4, 0.5) is 5.69 Å². The molecule has 0 bridgehead atoms. The van der Waals surface area contributed by atoms with Gasteiger partial charge in [-0.2, -0.15) is 9.40 Å². The van der Waals surface area contributed by atoms with E-state index in [1.807, 2.05) is 24.3 Å². The van der Waals surface area contributed by atoms with E-state index in [4.69, 9.17) is 0 Å². The first-order valence-electron chi connectivity index (χ1n) is 8.38. The summed E-state index contributed by atoms with van der Waals surface area (Å²) in [5.41, 5.74) is 1.97. The van der Waals surface area contributed by atoms with Gasteiger partial charge >= 0.3 is 0 Å². The highest BCUT2D eigenvalue weighted by Crippen LogP contribution is 2.24. The third-order valence-electron chi connectivity index (χ3n) is 4.58. The first-order valence-corrected chi connectivity index (χ1v) is 9.82. The zero-order valence-electron chi connectivity index (χ0n) is 13.7. The van der Waals surface area contributed by atoms with Gasteiger partial charge in [0.2, 0.25) is 10.0 Å². The fourth-order valence-corrected chi connectivity index (χ4v) is 4.83. The van der Waals surface area contributed by atoms with Crippen molar-refractivity contribution in [2.45, 2.75) is 23.8 Å². The Labute approximate surface area is 146 Å². The van der Waals surface area contributed by atoms with Crippen molar-refractivity contribution < 1.29 is 8.42 Å². The molecule has 1 aliphatic heterocycles. The monoisotopic (exact) mass is 356 g/mol. The van der Waals surface area contributed by atoms with Gasteiger partial charge in [0, 0.05) is 30.2 Å². The topological polar surface area (TPSA) is 78.1 Å². The second kappa shape index (κ2) is 6.50. The van der Waals surface area contributed by atoms with E-state index < -0.39 is 10.0 Å². The SMILES string of the molecule is O=S(=O)(c1ccccc1)N1CCCC(Nc2ccc3[nH]ncc3c2)C1. The summed E-state index contributed by atoms with van der Waals surface area (Å²) in [4.78, 5) is 0.357. The number of anilines is 1. The van der Waals surface area contributed by atoms with Gasteiger partial charge in [-0.1, -0.05) is 18.2 Å². The van der Waals surface area contributed by atoms with E-state index in [1.165, 1.54) is 0 Å². The lowest BCUT2D eigenvalue weighted by atomic mass is 10.1. The van der Waals surface area contributed by atoms with Crippen LogP contribution >= 0.6 is 0 Å². The minimum Gasteiger partial charge on any atom is -0.381 e. The molecule has 6 nitrogen and oxygen atoms in total. The predicted molar refractivity (Wildman–Crippen MR) is 97.9 cm³/mol. The summed E-state index contributed by atoms with van der Waals surface area (Å²) in [6.07, 6.45) is 3.58. The van der Waals surface area contributed by atoms with Crippen molar-refractivity contribution in [1.29, 1.82) is 0 Å². The molecule has 0 radical (unpaired) electrons. The van der Waals surface area contributed by atoms with Crippen molar-refractivity contribution in [2.75, 3.05) is 18.4 Å². The molecule has 0 saturated carbocycles. The van der Waals surface area contributed by atoms with E-state index in [9.17, 15) is 8.42 Å². The second-order valence-corrected chi connectivity index (χ2v) is 8.27. The standard InChI is InChI=1S/C18H20N4O2S/c23-25(24,17-6-2-1-3-7-17)22-10-4-5-16(13-22)20-15-8-9-18-14(11-15)12-19-21-18/h1-3,6-9,11-12,16,20H,4-5,10,13H2,(H,19,21). The van der Waals surface area contributed by atoms with Gasteiger partial charge in [-0.05, 0) is 43.2 Å². The Hall–Kier alpha value is -2.38. The summed E-state index contributed by atoms with van der Waals surface area (Å²) >= 11 is 0. The van der Waals surface area contributed by atoms with Gasteiger partial charge in [0.1, 0.15) is 0 Å². The van der Waals surface area contributed by atoms with Crippen LogP contribution in [0.25, 0.3) is 10.9 Å². The van der Waals surface area contributed by atoms with Crippen molar-refractivity contribution >= 4 is 26.6 Å². The van der Waals surface area contributed by atoms with Crippen LogP contribution < -0.4 is 5.32 Å². The van der Waals surface area contributed by atoms with Crippen LogP contribution in [0.2, 0.25) is 0 Å². The van der Waals surface area contributed by atoms with Gasteiger partial charge in [0.25, 0.3) is 0 Å². The van der Waals surface area contributed by atoms with Crippen LogP contribution in [-0.2, 0) is 10.0 Å². The molecule has 1 saturated heterocycles. The highest BCUT2D eigenvalue weighted by molar-refractivity contribution is 7.89. The lowest BCUT2D eigenvalue weighted by Gasteiger charge is -2.33. The van der Waals surface area contributed by atoms with Gasteiger partial charge in [-0.25, -0.2) is 8.42 Å². The summed E-state index contributed by atoms with van der Waals surface area (Å²) in [6, 6.07) is 14.7. The van der Waals surface area contributed by atoms with E-state index >= 15 is 0 Å². The number of hydrogen-bond donors (Lipinski definition) is 2. The third-order valence-corrected chi connectivity index (χ3v) is 6.46. The second-order valence-electron chi connectivity index (χ2n) is 6.33. The molecule has 4 rings (SSSR count). The van der Waals surface area contributed by atoms with Crippen molar-refractivity contribution in [3.05, 3.63) is 54.7 Å². The summed E-state index contributed by atoms with van der Waals surface area (Å²) in [5.74, 6) is 0. The minimum absolute atomic E-state index is 0.0941. The molecule has 0 spiro atoms. The molecule has 2 heterocycles. The number of aromatic amines is 1. The zero-order valence-corrected chi connectivity index (χ0v) is 14.5. The molecule has 1 unspecified atom stereocenters. The summed E-state index contributed by atoms with van der Waals surface area (Å²) < 4.78 is 27.2. The molecule has 25 heavy (non-hydrogen) atoms. The molecule has 130 valence electrons. The lowest BCUT2D eigenvalue weighted by Crippen LogP contribution is -2.45. The fraction of sp³-hybridized carbons (Fsp3) is 0.278. The number of nitrogens with one attached hydrogen (secondary N) is 2. The summed E-state index contributed by atoms with van der Waals surface area (Å²) in [7, 11) is -3.43. The average molecular weight is 356 g/mol. The number of benzene rings is 2. The normalized spacial score (nSPS) is 19.1. The minimum atomic E-state index is -3.43. The van der Waals surface area contributed by atoms with Crippen LogP contribution in [-0.4, -0.2) is 42.1 Å². The predicted octanol–water partition coefficient (Wildman–Crippen LogP) is 2.83. The molecule has 0 aliphatic carbocycles. The number of H-pyrrole nitrogens is 1.